The van der Waals surface area contributed by atoms with Crippen molar-refractivity contribution >= 4 is 11.9 Å². The number of carboxylic acid groups (broad SMARTS) is 1. The summed E-state index contributed by atoms with van der Waals surface area (Å²) in [5.74, 6) is -0.807. The van der Waals surface area contributed by atoms with E-state index in [4.69, 9.17) is 14.6 Å². The van der Waals surface area contributed by atoms with E-state index in [9.17, 15) is 4.79 Å². The molecule has 0 aliphatic heterocycles. The second-order valence-corrected chi connectivity index (χ2v) is 3.25. The molecule has 0 saturated heterocycles. The Labute approximate surface area is 105 Å². The van der Waals surface area contributed by atoms with Crippen molar-refractivity contribution in [2.75, 3.05) is 13.7 Å². The fourth-order valence-electron chi connectivity index (χ4n) is 0.954. The summed E-state index contributed by atoms with van der Waals surface area (Å²) < 4.78 is 9.61. The Morgan fingerprint density at radius 2 is 1.78 bits per heavy atom. The Morgan fingerprint density at radius 1 is 1.28 bits per heavy atom. The Kier molecular flexibility index (Phi) is 7.96. The molecule has 0 bridgehead atoms. The van der Waals surface area contributed by atoms with E-state index in [1.807, 2.05) is 24.3 Å². The van der Waals surface area contributed by atoms with E-state index in [-0.39, 0.29) is 12.6 Å². The first kappa shape index (κ1) is 15.9. The molecular weight excluding hydrogens is 238 g/mol. The fourth-order valence-corrected chi connectivity index (χ4v) is 0.954. The van der Waals surface area contributed by atoms with E-state index in [0.29, 0.717) is 5.75 Å². The van der Waals surface area contributed by atoms with Crippen LogP contribution in [0.3, 0.4) is 0 Å². The molecule has 0 radical (unpaired) electrons. The monoisotopic (exact) mass is 255 g/mol. The number of rotatable bonds is 4. The van der Waals surface area contributed by atoms with Gasteiger partial charge < -0.3 is 25.1 Å². The van der Waals surface area contributed by atoms with Crippen LogP contribution in [0.1, 0.15) is 12.5 Å². The summed E-state index contributed by atoms with van der Waals surface area (Å²) >= 11 is 0. The molecule has 1 aromatic carbocycles. The number of ether oxygens (including phenoxy) is 2. The third-order valence-electron chi connectivity index (χ3n) is 1.80. The van der Waals surface area contributed by atoms with E-state index >= 15 is 0 Å². The van der Waals surface area contributed by atoms with Crippen molar-refractivity contribution in [3.8, 4) is 5.75 Å². The number of hydrogen-bond acceptors (Lipinski definition) is 5. The maximum Gasteiger partial charge on any atom is 0.343 e. The number of carbonyl (C=O) groups is 2. The summed E-state index contributed by atoms with van der Waals surface area (Å²) in [5, 5.41) is 8.89. The molecule has 6 heteroatoms. The van der Waals surface area contributed by atoms with Gasteiger partial charge in [0.05, 0.1) is 13.7 Å². The maximum atomic E-state index is 10.8. The molecule has 0 aliphatic rings. The van der Waals surface area contributed by atoms with Crippen molar-refractivity contribution in [2.45, 2.75) is 13.5 Å². The quantitative estimate of drug-likeness (QED) is 0.676. The number of hydrogen-bond donors (Lipinski definition) is 1. The van der Waals surface area contributed by atoms with Gasteiger partial charge in [0.1, 0.15) is 5.75 Å². The molecule has 1 aromatic rings. The Hall–Kier alpha value is -2.08. The van der Waals surface area contributed by atoms with Crippen molar-refractivity contribution in [1.29, 1.82) is 0 Å². The number of carbonyl (C=O) groups excluding carboxylic acids is 2. The number of benzene rings is 1. The van der Waals surface area contributed by atoms with E-state index in [1.165, 1.54) is 7.11 Å². The van der Waals surface area contributed by atoms with Gasteiger partial charge in [-0.25, -0.2) is 4.79 Å². The van der Waals surface area contributed by atoms with Gasteiger partial charge in [-0.15, -0.1) is 0 Å². The predicted octanol–water partition coefficient (Wildman–Crippen LogP) is -1.26. The van der Waals surface area contributed by atoms with Crippen LogP contribution < -0.4 is 15.6 Å². The molecule has 3 N–H and O–H groups in total. The molecule has 0 fully saturated rings. The number of esters is 1. The first-order chi connectivity index (χ1) is 8.49. The number of carboxylic acids is 1. The lowest BCUT2D eigenvalue weighted by Gasteiger charge is -2.04. The van der Waals surface area contributed by atoms with Crippen LogP contribution in [0, 0.1) is 0 Å². The van der Waals surface area contributed by atoms with Crippen molar-refractivity contribution in [3.05, 3.63) is 29.8 Å². The highest BCUT2D eigenvalue weighted by Crippen LogP contribution is 2.11. The fraction of sp³-hybridized carbons (Fsp3) is 0.333. The average molecular weight is 255 g/mol. The molecule has 18 heavy (non-hydrogen) atoms. The van der Waals surface area contributed by atoms with Gasteiger partial charge in [-0.1, -0.05) is 0 Å². The van der Waals surface area contributed by atoms with Gasteiger partial charge in [0, 0.05) is 11.5 Å². The number of quaternary nitrogens is 1. The standard InChI is InChI=1S/C10H13NO3.C2H4O2/c1-13-10(12)7-14-9-4-2-8(6-11)3-5-9;1-2(3)4/h2-5H,6-7,11H2,1H3;1H3,(H,3,4). The highest BCUT2D eigenvalue weighted by Gasteiger charge is 2.01. The van der Waals surface area contributed by atoms with E-state index in [1.54, 1.807) is 0 Å². The summed E-state index contributed by atoms with van der Waals surface area (Å²) in [4.78, 5) is 19.6. The van der Waals surface area contributed by atoms with Crippen LogP contribution >= 0.6 is 0 Å². The van der Waals surface area contributed by atoms with Gasteiger partial charge in [-0.05, 0) is 31.2 Å². The van der Waals surface area contributed by atoms with Gasteiger partial charge >= 0.3 is 5.97 Å². The van der Waals surface area contributed by atoms with Crippen molar-refractivity contribution in [3.63, 3.8) is 0 Å². The molecule has 0 aromatic heterocycles. The van der Waals surface area contributed by atoms with E-state index in [2.05, 4.69) is 10.5 Å². The lowest BCUT2D eigenvalue weighted by Crippen LogP contribution is -2.47. The van der Waals surface area contributed by atoms with Gasteiger partial charge in [-0.2, -0.15) is 0 Å². The molecule has 6 nitrogen and oxygen atoms in total. The average Bonchev–Trinajstić information content (AvgIpc) is 2.35. The lowest BCUT2D eigenvalue weighted by atomic mass is 10.2. The zero-order valence-corrected chi connectivity index (χ0v) is 10.5. The third kappa shape index (κ3) is 8.12. The van der Waals surface area contributed by atoms with Crippen LogP contribution in [0.4, 0.5) is 0 Å². The maximum absolute atomic E-state index is 10.8. The normalized spacial score (nSPS) is 8.83. The molecule has 0 saturated carbocycles. The number of aliphatic carboxylic acids is 1. The first-order valence-electron chi connectivity index (χ1n) is 5.25. The minimum absolute atomic E-state index is 0.0553. The summed E-state index contributed by atoms with van der Waals surface area (Å²) in [5.41, 5.74) is 4.89. The Morgan fingerprint density at radius 3 is 2.17 bits per heavy atom. The van der Waals surface area contributed by atoms with Crippen LogP contribution in [0.25, 0.3) is 0 Å². The van der Waals surface area contributed by atoms with Crippen molar-refractivity contribution in [2.24, 2.45) is 0 Å². The molecule has 0 aliphatic carbocycles. The predicted molar refractivity (Wildman–Crippen MR) is 61.2 cm³/mol. The molecular formula is C12H17NO5. The van der Waals surface area contributed by atoms with Crippen LogP contribution in [-0.2, 0) is 20.9 Å². The zero-order valence-electron chi connectivity index (χ0n) is 10.5. The smallest absolute Gasteiger partial charge is 0.343 e. The van der Waals surface area contributed by atoms with Gasteiger partial charge in [-0.3, -0.25) is 0 Å². The van der Waals surface area contributed by atoms with Gasteiger partial charge in [0.25, 0.3) is 0 Å². The minimum Gasteiger partial charge on any atom is -0.550 e. The molecule has 1 rings (SSSR count). The summed E-state index contributed by atoms with van der Waals surface area (Å²) in [6.45, 7) is 1.66. The summed E-state index contributed by atoms with van der Waals surface area (Å²) in [7, 11) is 1.33. The van der Waals surface area contributed by atoms with Crippen LogP contribution in [0.2, 0.25) is 0 Å². The van der Waals surface area contributed by atoms with Crippen LogP contribution in [-0.4, -0.2) is 25.7 Å². The van der Waals surface area contributed by atoms with Crippen molar-refractivity contribution in [1.82, 2.24) is 0 Å². The third-order valence-corrected chi connectivity index (χ3v) is 1.80. The van der Waals surface area contributed by atoms with Crippen molar-refractivity contribution < 1.29 is 29.9 Å². The zero-order chi connectivity index (χ0) is 14.0. The van der Waals surface area contributed by atoms with Gasteiger partial charge in [0.15, 0.2) is 6.61 Å². The second-order valence-electron chi connectivity index (χ2n) is 3.25. The first-order valence-corrected chi connectivity index (χ1v) is 5.25. The summed E-state index contributed by atoms with van der Waals surface area (Å²) in [6, 6.07) is 7.45. The topological polar surface area (TPSA) is 103 Å². The van der Waals surface area contributed by atoms with Gasteiger partial charge in [0.2, 0.25) is 0 Å². The SMILES string of the molecule is CC(=O)[O-].COC(=O)COc1ccc(C[NH3+])cc1. The molecule has 0 atom stereocenters. The Bertz CT molecular complexity index is 371. The summed E-state index contributed by atoms with van der Waals surface area (Å²) in [6.07, 6.45) is 0. The highest BCUT2D eigenvalue weighted by atomic mass is 16.6. The second kappa shape index (κ2) is 9.00. The molecule has 0 amide bonds. The molecule has 0 heterocycles. The Balaban J connectivity index is 0.000000631. The largest absolute Gasteiger partial charge is 0.550 e. The minimum atomic E-state index is -1.08. The number of methoxy groups -OCH3 is 1. The highest BCUT2D eigenvalue weighted by molar-refractivity contribution is 5.70. The molecule has 0 spiro atoms. The van der Waals surface area contributed by atoms with Crippen LogP contribution in [0.5, 0.6) is 5.75 Å². The van der Waals surface area contributed by atoms with Crippen LogP contribution in [0.15, 0.2) is 24.3 Å². The van der Waals surface area contributed by atoms with E-state index in [0.717, 1.165) is 19.0 Å². The van der Waals surface area contributed by atoms with E-state index < -0.39 is 5.97 Å². The molecule has 0 unspecified atom stereocenters. The lowest BCUT2D eigenvalue weighted by molar-refractivity contribution is -0.386. The molecule has 100 valence electrons.